The molecule has 0 fully saturated rings. The molecule has 0 amide bonds. The van der Waals surface area contributed by atoms with Crippen LogP contribution in [0.4, 0.5) is 0 Å². The van der Waals surface area contributed by atoms with Crippen LogP contribution in [0.2, 0.25) is 5.02 Å². The fourth-order valence-corrected chi connectivity index (χ4v) is 3.35. The molecular weight excluding hydrogens is 312 g/mol. The summed E-state index contributed by atoms with van der Waals surface area (Å²) in [7, 11) is -3.46. The lowest BCUT2D eigenvalue weighted by molar-refractivity contribution is 0.375. The van der Waals surface area contributed by atoms with Crippen molar-refractivity contribution < 1.29 is 12.8 Å². The Balaban J connectivity index is 2.00. The van der Waals surface area contributed by atoms with Crippen LogP contribution in [-0.2, 0) is 10.0 Å². The highest BCUT2D eigenvalue weighted by Crippen LogP contribution is 2.34. The van der Waals surface area contributed by atoms with Gasteiger partial charge in [-0.1, -0.05) is 23.7 Å². The molecular formula is C14H13ClN2O3S. The fraction of sp³-hybridized carbons (Fsp3) is 0.214. The molecule has 0 saturated heterocycles. The van der Waals surface area contributed by atoms with Crippen LogP contribution in [0.15, 0.2) is 52.2 Å². The average Bonchev–Trinajstić information content (AvgIpc) is 3.07. The maximum atomic E-state index is 12.0. The topological polar surface area (TPSA) is 62.9 Å². The van der Waals surface area contributed by atoms with Crippen LogP contribution in [0, 0.1) is 0 Å². The van der Waals surface area contributed by atoms with Crippen LogP contribution in [0.25, 0.3) is 0 Å². The van der Waals surface area contributed by atoms with Gasteiger partial charge in [-0.05, 0) is 29.8 Å². The first-order chi connectivity index (χ1) is 9.95. The minimum Gasteiger partial charge on any atom is -0.463 e. The lowest BCUT2D eigenvalue weighted by atomic mass is 10.0. The zero-order valence-electron chi connectivity index (χ0n) is 11.2. The Morgan fingerprint density at radius 1 is 1.29 bits per heavy atom. The number of hydrogen-bond acceptors (Lipinski definition) is 4. The molecule has 0 N–H and O–H groups in total. The second-order valence-corrected chi connectivity index (χ2v) is 7.11. The minimum absolute atomic E-state index is 0.377. The van der Waals surface area contributed by atoms with Crippen LogP contribution in [0.1, 0.15) is 23.8 Å². The van der Waals surface area contributed by atoms with Gasteiger partial charge < -0.3 is 4.42 Å². The number of benzene rings is 1. The molecule has 7 heteroatoms. The maximum Gasteiger partial charge on any atom is 0.247 e. The summed E-state index contributed by atoms with van der Waals surface area (Å²) in [6, 6.07) is 10.2. The van der Waals surface area contributed by atoms with Gasteiger partial charge in [0.25, 0.3) is 0 Å². The number of nitrogens with zero attached hydrogens (tertiary/aromatic N) is 2. The van der Waals surface area contributed by atoms with Gasteiger partial charge in [0.05, 0.1) is 18.6 Å². The largest absolute Gasteiger partial charge is 0.463 e. The summed E-state index contributed by atoms with van der Waals surface area (Å²) in [4.78, 5) is 0. The van der Waals surface area contributed by atoms with E-state index in [0.29, 0.717) is 22.9 Å². The second-order valence-electron chi connectivity index (χ2n) is 4.83. The molecule has 21 heavy (non-hydrogen) atoms. The molecule has 0 aliphatic carbocycles. The first-order valence-electron chi connectivity index (χ1n) is 6.31. The zero-order valence-corrected chi connectivity index (χ0v) is 12.8. The first kappa shape index (κ1) is 14.2. The summed E-state index contributed by atoms with van der Waals surface area (Å²) in [5, 5.41) is 4.82. The average molecular weight is 325 g/mol. The predicted molar refractivity (Wildman–Crippen MR) is 80.7 cm³/mol. The smallest absolute Gasteiger partial charge is 0.247 e. The van der Waals surface area contributed by atoms with Crippen molar-refractivity contribution in [2.45, 2.75) is 12.5 Å². The van der Waals surface area contributed by atoms with E-state index in [1.165, 1.54) is 6.26 Å². The highest BCUT2D eigenvalue weighted by atomic mass is 35.5. The molecule has 1 atom stereocenters. The molecule has 1 aromatic carbocycles. The lowest BCUT2D eigenvalue weighted by Gasteiger charge is -2.21. The van der Waals surface area contributed by atoms with Gasteiger partial charge in [0.1, 0.15) is 11.5 Å². The van der Waals surface area contributed by atoms with Gasteiger partial charge in [0.2, 0.25) is 10.0 Å². The number of sulfonamides is 1. The third-order valence-corrected chi connectivity index (χ3v) is 4.54. The van der Waals surface area contributed by atoms with Gasteiger partial charge in [-0.3, -0.25) is 0 Å². The summed E-state index contributed by atoms with van der Waals surface area (Å²) in [6.45, 7) is 0. The number of hydrogen-bond donors (Lipinski definition) is 0. The molecule has 2 aromatic rings. The molecule has 0 spiro atoms. The summed E-state index contributed by atoms with van der Waals surface area (Å²) in [6.07, 6.45) is 3.14. The van der Waals surface area contributed by atoms with Gasteiger partial charge in [0, 0.05) is 11.4 Å². The quantitative estimate of drug-likeness (QED) is 0.871. The Bertz CT molecular complexity index is 767. The Morgan fingerprint density at radius 3 is 2.57 bits per heavy atom. The van der Waals surface area contributed by atoms with Crippen molar-refractivity contribution in [2.75, 3.05) is 6.26 Å². The van der Waals surface area contributed by atoms with Gasteiger partial charge in [-0.2, -0.15) is 9.52 Å². The third kappa shape index (κ3) is 2.82. The molecule has 1 aromatic heterocycles. The molecule has 0 saturated carbocycles. The van der Waals surface area contributed by atoms with Gasteiger partial charge in [0.15, 0.2) is 0 Å². The van der Waals surface area contributed by atoms with E-state index in [1.54, 1.807) is 24.3 Å². The van der Waals surface area contributed by atoms with Crippen molar-refractivity contribution in [3.8, 4) is 0 Å². The lowest BCUT2D eigenvalue weighted by Crippen LogP contribution is -2.25. The fourth-order valence-electron chi connectivity index (χ4n) is 2.32. The standard InChI is InChI=1S/C14H13ClN2O3S/c1-21(18,19)17-13(10-4-6-11(15)7-5-10)9-12(16-17)14-3-2-8-20-14/h2-8,13H,9H2,1H3/t13-/m0/s1. The van der Waals surface area contributed by atoms with Gasteiger partial charge in [-0.15, -0.1) is 0 Å². The monoisotopic (exact) mass is 324 g/mol. The number of halogens is 1. The van der Waals surface area contributed by atoms with E-state index in [0.717, 1.165) is 16.2 Å². The molecule has 0 radical (unpaired) electrons. The van der Waals surface area contributed by atoms with Crippen LogP contribution in [0.5, 0.6) is 0 Å². The zero-order chi connectivity index (χ0) is 15.0. The third-order valence-electron chi connectivity index (χ3n) is 3.27. The van der Waals surface area contributed by atoms with E-state index >= 15 is 0 Å². The summed E-state index contributed by atoms with van der Waals surface area (Å²) >= 11 is 5.88. The summed E-state index contributed by atoms with van der Waals surface area (Å²) in [5.41, 5.74) is 1.46. The van der Waals surface area contributed by atoms with E-state index in [1.807, 2.05) is 12.1 Å². The van der Waals surface area contributed by atoms with E-state index < -0.39 is 10.0 Å². The normalized spacial score (nSPS) is 18.9. The molecule has 1 aliphatic rings. The highest BCUT2D eigenvalue weighted by Gasteiger charge is 2.35. The first-order valence-corrected chi connectivity index (χ1v) is 8.54. The van der Waals surface area contributed by atoms with E-state index in [2.05, 4.69) is 5.10 Å². The van der Waals surface area contributed by atoms with Crippen LogP contribution in [0.3, 0.4) is 0 Å². The number of hydrazone groups is 1. The molecule has 1 aliphatic heterocycles. The van der Waals surface area contributed by atoms with E-state index in [4.69, 9.17) is 16.0 Å². The van der Waals surface area contributed by atoms with Crippen LogP contribution >= 0.6 is 11.6 Å². The molecule has 5 nitrogen and oxygen atoms in total. The predicted octanol–water partition coefficient (Wildman–Crippen LogP) is 3.04. The van der Waals surface area contributed by atoms with Crippen molar-refractivity contribution in [3.63, 3.8) is 0 Å². The Labute approximate surface area is 127 Å². The highest BCUT2D eigenvalue weighted by molar-refractivity contribution is 7.88. The molecule has 0 unspecified atom stereocenters. The second kappa shape index (κ2) is 5.20. The van der Waals surface area contributed by atoms with Crippen molar-refractivity contribution in [1.82, 2.24) is 4.41 Å². The Kier molecular flexibility index (Phi) is 3.51. The minimum atomic E-state index is -3.46. The van der Waals surface area contributed by atoms with Crippen LogP contribution in [-0.4, -0.2) is 24.8 Å². The van der Waals surface area contributed by atoms with Crippen molar-refractivity contribution in [2.24, 2.45) is 5.10 Å². The maximum absolute atomic E-state index is 12.0. The van der Waals surface area contributed by atoms with Crippen molar-refractivity contribution in [1.29, 1.82) is 0 Å². The molecule has 2 heterocycles. The summed E-state index contributed by atoms with van der Waals surface area (Å²) < 4.78 is 30.4. The molecule has 110 valence electrons. The van der Waals surface area contributed by atoms with Gasteiger partial charge in [-0.25, -0.2) is 8.42 Å². The number of rotatable bonds is 3. The summed E-state index contributed by atoms with van der Waals surface area (Å²) in [5.74, 6) is 0.583. The van der Waals surface area contributed by atoms with Crippen LogP contribution < -0.4 is 0 Å². The van der Waals surface area contributed by atoms with E-state index in [9.17, 15) is 8.42 Å². The van der Waals surface area contributed by atoms with Gasteiger partial charge >= 0.3 is 0 Å². The van der Waals surface area contributed by atoms with Crippen molar-refractivity contribution in [3.05, 3.63) is 59.0 Å². The SMILES string of the molecule is CS(=O)(=O)N1N=C(c2ccco2)C[C@H]1c1ccc(Cl)cc1. The molecule has 3 rings (SSSR count). The number of furan rings is 1. The Morgan fingerprint density at radius 2 is 2.00 bits per heavy atom. The Hall–Kier alpha value is -1.79. The van der Waals surface area contributed by atoms with E-state index in [-0.39, 0.29) is 6.04 Å². The molecule has 0 bridgehead atoms. The van der Waals surface area contributed by atoms with Crippen molar-refractivity contribution >= 4 is 27.3 Å².